The number of nitrogens with one attached hydrogen (secondary N) is 1. The zero-order valence-electron chi connectivity index (χ0n) is 17.5. The van der Waals surface area contributed by atoms with Crippen LogP contribution in [-0.4, -0.2) is 47.0 Å². The first-order chi connectivity index (χ1) is 15.2. The van der Waals surface area contributed by atoms with E-state index in [4.69, 9.17) is 0 Å². The Hall–Kier alpha value is -3.33. The van der Waals surface area contributed by atoms with Crippen molar-refractivity contribution in [3.8, 4) is 17.3 Å². The van der Waals surface area contributed by atoms with Crippen LogP contribution >= 0.6 is 0 Å². The molecular weight excluding hydrogens is 386 g/mol. The van der Waals surface area contributed by atoms with Gasteiger partial charge in [0, 0.05) is 55.1 Å². The summed E-state index contributed by atoms with van der Waals surface area (Å²) in [5, 5.41) is 10.5. The van der Waals surface area contributed by atoms with Crippen LogP contribution in [0.2, 0.25) is 0 Å². The number of hydrogen-bond acceptors (Lipinski definition) is 4. The maximum atomic E-state index is 12.4. The molecule has 6 rings (SSSR count). The smallest absolute Gasteiger partial charge is 0.225 e. The van der Waals surface area contributed by atoms with Crippen LogP contribution in [0.1, 0.15) is 31.2 Å². The third kappa shape index (κ3) is 3.16. The number of anilines is 1. The molecular formula is C25H25N5O. The molecule has 0 atom stereocenters. The number of H-pyrrole nitrogens is 1. The molecule has 31 heavy (non-hydrogen) atoms. The lowest BCUT2D eigenvalue weighted by molar-refractivity contribution is -0.132. The number of aromatic nitrogens is 2. The van der Waals surface area contributed by atoms with E-state index in [2.05, 4.69) is 57.3 Å². The van der Waals surface area contributed by atoms with E-state index in [1.165, 1.54) is 5.69 Å². The standard InChI is InChI=1S/C25H25N5O/c26-16-25(8-9-25)19-5-3-17(4-6-19)21-15-20-22(7-10-27-23(20)28-21)29-11-13-30(14-12-29)24(31)18-1-2-18/h3-7,10,15,18H,1-2,8-9,11-14H2,(H,27,28). The molecule has 6 heteroatoms. The number of carbonyl (C=O) groups excluding carboxylic acids is 1. The summed E-state index contributed by atoms with van der Waals surface area (Å²) in [7, 11) is 0. The first kappa shape index (κ1) is 18.4. The molecule has 2 aromatic heterocycles. The van der Waals surface area contributed by atoms with Crippen LogP contribution in [-0.2, 0) is 10.2 Å². The van der Waals surface area contributed by atoms with Gasteiger partial charge in [0.1, 0.15) is 5.65 Å². The summed E-state index contributed by atoms with van der Waals surface area (Å²) in [6.07, 6.45) is 5.90. The van der Waals surface area contributed by atoms with E-state index >= 15 is 0 Å². The number of benzene rings is 1. The molecule has 3 fully saturated rings. The molecule has 3 heterocycles. The number of amides is 1. The fraction of sp³-hybridized carbons (Fsp3) is 0.400. The van der Waals surface area contributed by atoms with Crippen molar-refractivity contribution in [3.05, 3.63) is 48.2 Å². The molecule has 3 aliphatic rings. The highest BCUT2D eigenvalue weighted by atomic mass is 16.2. The van der Waals surface area contributed by atoms with E-state index in [-0.39, 0.29) is 5.41 Å². The van der Waals surface area contributed by atoms with Crippen LogP contribution in [0.3, 0.4) is 0 Å². The Labute approximate surface area is 181 Å². The predicted octanol–water partition coefficient (Wildman–Crippen LogP) is 3.84. The van der Waals surface area contributed by atoms with Crippen molar-refractivity contribution in [2.24, 2.45) is 5.92 Å². The fourth-order valence-electron chi connectivity index (χ4n) is 4.76. The number of nitriles is 1. The molecule has 0 bridgehead atoms. The van der Waals surface area contributed by atoms with E-state index in [0.29, 0.717) is 11.8 Å². The first-order valence-electron chi connectivity index (χ1n) is 11.2. The van der Waals surface area contributed by atoms with E-state index < -0.39 is 0 Å². The molecule has 2 aliphatic carbocycles. The van der Waals surface area contributed by atoms with E-state index in [1.807, 2.05) is 11.1 Å². The number of aromatic amines is 1. The Morgan fingerprint density at radius 1 is 1.10 bits per heavy atom. The Bertz CT molecular complexity index is 1190. The van der Waals surface area contributed by atoms with Crippen molar-refractivity contribution in [2.75, 3.05) is 31.1 Å². The van der Waals surface area contributed by atoms with Gasteiger partial charge in [0.2, 0.25) is 5.91 Å². The lowest BCUT2D eigenvalue weighted by Gasteiger charge is -2.36. The van der Waals surface area contributed by atoms with Gasteiger partial charge in [-0.05, 0) is 48.9 Å². The summed E-state index contributed by atoms with van der Waals surface area (Å²) in [6.45, 7) is 3.28. The summed E-state index contributed by atoms with van der Waals surface area (Å²) >= 11 is 0. The van der Waals surface area contributed by atoms with E-state index in [0.717, 1.165) is 79.7 Å². The normalized spacial score (nSPS) is 20.0. The first-order valence-corrected chi connectivity index (χ1v) is 11.2. The summed E-state index contributed by atoms with van der Waals surface area (Å²) in [5.41, 5.74) is 5.05. The number of rotatable bonds is 4. The van der Waals surface area contributed by atoms with Crippen molar-refractivity contribution in [3.63, 3.8) is 0 Å². The molecule has 6 nitrogen and oxygen atoms in total. The quantitative estimate of drug-likeness (QED) is 0.708. The minimum absolute atomic E-state index is 0.253. The molecule has 1 N–H and O–H groups in total. The van der Waals surface area contributed by atoms with Crippen molar-refractivity contribution >= 4 is 22.6 Å². The maximum Gasteiger partial charge on any atom is 0.225 e. The molecule has 3 aromatic rings. The number of piperazine rings is 1. The van der Waals surface area contributed by atoms with Crippen LogP contribution in [0.4, 0.5) is 5.69 Å². The highest BCUT2D eigenvalue weighted by molar-refractivity contribution is 5.94. The van der Waals surface area contributed by atoms with Gasteiger partial charge in [-0.2, -0.15) is 5.26 Å². The number of fused-ring (bicyclic) bond motifs is 1. The average Bonchev–Trinajstić information content (AvgIpc) is 3.75. The van der Waals surface area contributed by atoms with Crippen LogP contribution < -0.4 is 4.90 Å². The number of pyridine rings is 1. The zero-order chi connectivity index (χ0) is 21.0. The molecule has 1 aromatic carbocycles. The molecule has 2 saturated carbocycles. The van der Waals surface area contributed by atoms with Crippen LogP contribution in [0.5, 0.6) is 0 Å². The van der Waals surface area contributed by atoms with Crippen molar-refractivity contribution < 1.29 is 4.79 Å². The SMILES string of the molecule is N#CC1(c2ccc(-c3cc4c(N5CCN(C(=O)C6CC6)CC5)ccnc4[nH]3)cc2)CC1. The molecule has 0 radical (unpaired) electrons. The van der Waals surface area contributed by atoms with Crippen molar-refractivity contribution in [1.29, 1.82) is 5.26 Å². The lowest BCUT2D eigenvalue weighted by Crippen LogP contribution is -2.49. The molecule has 1 aliphatic heterocycles. The number of carbonyl (C=O) groups is 1. The van der Waals surface area contributed by atoms with E-state index in [9.17, 15) is 10.1 Å². The van der Waals surface area contributed by atoms with Gasteiger partial charge in [-0.15, -0.1) is 0 Å². The lowest BCUT2D eigenvalue weighted by atomic mass is 9.96. The number of hydrogen-bond donors (Lipinski definition) is 1. The molecule has 0 spiro atoms. The Balaban J connectivity index is 1.24. The van der Waals surface area contributed by atoms with E-state index in [1.54, 1.807) is 0 Å². The minimum atomic E-state index is -0.253. The highest BCUT2D eigenvalue weighted by Gasteiger charge is 2.44. The molecule has 1 amide bonds. The number of nitrogens with zero attached hydrogens (tertiary/aromatic N) is 4. The fourth-order valence-corrected chi connectivity index (χ4v) is 4.76. The summed E-state index contributed by atoms with van der Waals surface area (Å²) in [4.78, 5) is 24.8. The monoisotopic (exact) mass is 411 g/mol. The predicted molar refractivity (Wildman–Crippen MR) is 120 cm³/mol. The highest BCUT2D eigenvalue weighted by Crippen LogP contribution is 2.47. The Morgan fingerprint density at radius 2 is 1.84 bits per heavy atom. The summed E-state index contributed by atoms with van der Waals surface area (Å²) < 4.78 is 0. The second-order valence-electron chi connectivity index (χ2n) is 9.13. The van der Waals surface area contributed by atoms with Crippen LogP contribution in [0.15, 0.2) is 42.6 Å². The van der Waals surface area contributed by atoms with Gasteiger partial charge in [0.25, 0.3) is 0 Å². The van der Waals surface area contributed by atoms with Gasteiger partial charge < -0.3 is 14.8 Å². The Morgan fingerprint density at radius 3 is 2.48 bits per heavy atom. The van der Waals surface area contributed by atoms with Gasteiger partial charge in [0.15, 0.2) is 0 Å². The largest absolute Gasteiger partial charge is 0.367 e. The summed E-state index contributed by atoms with van der Waals surface area (Å²) in [6, 6.07) is 15.1. The molecule has 0 unspecified atom stereocenters. The Kier molecular flexibility index (Phi) is 4.07. The third-order valence-electron chi connectivity index (χ3n) is 7.08. The van der Waals surface area contributed by atoms with Crippen molar-refractivity contribution in [1.82, 2.24) is 14.9 Å². The second kappa shape index (κ2) is 6.84. The molecule has 156 valence electrons. The summed E-state index contributed by atoms with van der Waals surface area (Å²) in [5.74, 6) is 0.636. The second-order valence-corrected chi connectivity index (χ2v) is 9.13. The zero-order valence-corrected chi connectivity index (χ0v) is 17.5. The van der Waals surface area contributed by atoms with Gasteiger partial charge in [-0.1, -0.05) is 24.3 Å². The third-order valence-corrected chi connectivity index (χ3v) is 7.08. The van der Waals surface area contributed by atoms with Gasteiger partial charge in [-0.25, -0.2) is 4.98 Å². The van der Waals surface area contributed by atoms with Gasteiger partial charge in [0.05, 0.1) is 11.5 Å². The van der Waals surface area contributed by atoms with Gasteiger partial charge >= 0.3 is 0 Å². The average molecular weight is 412 g/mol. The minimum Gasteiger partial charge on any atom is -0.367 e. The topological polar surface area (TPSA) is 76.0 Å². The maximum absolute atomic E-state index is 12.4. The van der Waals surface area contributed by atoms with Gasteiger partial charge in [-0.3, -0.25) is 4.79 Å². The van der Waals surface area contributed by atoms with Crippen LogP contribution in [0, 0.1) is 17.2 Å². The van der Waals surface area contributed by atoms with Crippen molar-refractivity contribution in [2.45, 2.75) is 31.1 Å². The molecule has 1 saturated heterocycles. The van der Waals surface area contributed by atoms with Crippen LogP contribution in [0.25, 0.3) is 22.3 Å².